The maximum Gasteiger partial charge on any atom is 0.312 e. The molecule has 1 aliphatic heterocycles. The highest BCUT2D eigenvalue weighted by Gasteiger charge is 2.43. The Morgan fingerprint density at radius 2 is 1.51 bits per heavy atom. The maximum atomic E-state index is 14.4. The number of likely N-dealkylation sites (tertiary alicyclic amines) is 1. The zero-order valence-corrected chi connectivity index (χ0v) is 41.4. The van der Waals surface area contributed by atoms with Crippen LogP contribution >= 0.6 is 0 Å². The molecule has 8 N–H and O–H groups in total. The SMILES string of the molecule is CC[C@H](C)[C@@H]([C@@H](CC(=O)N1CCC[C@H]1[C@H](OC)[C@@H](C)C(=O)N[C@H](C)[C@@H](OCNC(=O)[C@@H](N)CCCNC(N)=O)c1ccccc1)OC)N(C)C(=O)[C@@H](NC(=O)[C@H](C(C)C)N(C)C)C(C)C. The van der Waals surface area contributed by atoms with Crippen molar-refractivity contribution in [2.45, 2.75) is 148 Å². The first kappa shape index (κ1) is 56.8. The van der Waals surface area contributed by atoms with Crippen molar-refractivity contribution < 1.29 is 43.0 Å². The number of amides is 7. The summed E-state index contributed by atoms with van der Waals surface area (Å²) < 4.78 is 18.2. The predicted molar refractivity (Wildman–Crippen MR) is 251 cm³/mol. The van der Waals surface area contributed by atoms with Crippen molar-refractivity contribution >= 4 is 35.6 Å². The number of methoxy groups -OCH3 is 2. The molecular formula is C47H83N9O9. The highest BCUT2D eigenvalue weighted by Crippen LogP contribution is 2.30. The van der Waals surface area contributed by atoms with Gasteiger partial charge in [0.25, 0.3) is 0 Å². The lowest BCUT2D eigenvalue weighted by Gasteiger charge is -2.41. The summed E-state index contributed by atoms with van der Waals surface area (Å²) in [7, 11) is 8.51. The van der Waals surface area contributed by atoms with E-state index in [9.17, 15) is 28.8 Å². The Bertz CT molecular complexity index is 1640. The predicted octanol–water partition coefficient (Wildman–Crippen LogP) is 2.75. The van der Waals surface area contributed by atoms with E-state index < -0.39 is 72.4 Å². The molecule has 1 heterocycles. The van der Waals surface area contributed by atoms with Gasteiger partial charge in [-0.15, -0.1) is 0 Å². The fraction of sp³-hybridized carbons (Fsp3) is 0.745. The second kappa shape index (κ2) is 28.0. The van der Waals surface area contributed by atoms with Gasteiger partial charge in [-0.25, -0.2) is 4.79 Å². The van der Waals surface area contributed by atoms with Crippen LogP contribution in [-0.4, -0.2) is 154 Å². The molecular weight excluding hydrogens is 835 g/mol. The van der Waals surface area contributed by atoms with Crippen molar-refractivity contribution in [2.24, 2.45) is 35.1 Å². The number of nitrogens with zero attached hydrogens (tertiary/aromatic N) is 3. The summed E-state index contributed by atoms with van der Waals surface area (Å²) >= 11 is 0. The number of carbonyl (C=O) groups is 6. The monoisotopic (exact) mass is 918 g/mol. The summed E-state index contributed by atoms with van der Waals surface area (Å²) in [5.41, 5.74) is 11.9. The molecule has 0 aromatic heterocycles. The normalized spacial score (nSPS) is 18.7. The number of ether oxygens (including phenoxy) is 3. The standard InChI is InChI=1S/C47H83N9O9/c1-14-30(6)40(55(11)46(61)38(28(2)3)53-45(60)39(29(4)5)54(9)10)36(63-12)26-37(57)56-25-19-23-35(56)41(64-13)31(7)43(58)52-32(8)42(33-20-16-15-17-21-33)65-27-51-44(59)34(48)22-18-24-50-47(49)62/h15-17,20-21,28-32,34-36,38-42H,14,18-19,22-27,48H2,1-13H3,(H,51,59)(H,52,58)(H,53,60)(H3,49,50,62)/t30-,31+,32+,34-,35-,36+,38-,39-,40-,41+,42+/m0/s1. The summed E-state index contributed by atoms with van der Waals surface area (Å²) in [6.45, 7) is 16.0. The fourth-order valence-corrected chi connectivity index (χ4v) is 9.01. The molecule has 2 rings (SSSR count). The van der Waals surface area contributed by atoms with Gasteiger partial charge in [0.1, 0.15) is 18.9 Å². The quantitative estimate of drug-likeness (QED) is 0.0528. The number of rotatable bonds is 28. The Labute approximate surface area is 388 Å². The van der Waals surface area contributed by atoms with E-state index in [0.717, 1.165) is 12.0 Å². The molecule has 0 aliphatic carbocycles. The zero-order valence-electron chi connectivity index (χ0n) is 41.4. The van der Waals surface area contributed by atoms with Gasteiger partial charge in [-0.05, 0) is 70.0 Å². The number of hydrogen-bond donors (Lipinski definition) is 6. The first-order chi connectivity index (χ1) is 30.6. The minimum Gasteiger partial charge on any atom is -0.379 e. The lowest BCUT2D eigenvalue weighted by molar-refractivity contribution is -0.148. The molecule has 7 amide bonds. The minimum absolute atomic E-state index is 0.00747. The van der Waals surface area contributed by atoms with Gasteiger partial charge in [-0.3, -0.25) is 28.9 Å². The van der Waals surface area contributed by atoms with E-state index in [4.69, 9.17) is 25.7 Å². The molecule has 1 aromatic carbocycles. The van der Waals surface area contributed by atoms with Crippen molar-refractivity contribution in [3.63, 3.8) is 0 Å². The van der Waals surface area contributed by atoms with Gasteiger partial charge in [-0.2, -0.15) is 0 Å². The molecule has 65 heavy (non-hydrogen) atoms. The summed E-state index contributed by atoms with van der Waals surface area (Å²) in [5.74, 6) is -2.27. The Morgan fingerprint density at radius 3 is 2.05 bits per heavy atom. The number of nitrogens with one attached hydrogen (secondary N) is 4. The number of carbonyl (C=O) groups excluding carboxylic acids is 6. The molecule has 18 nitrogen and oxygen atoms in total. The lowest BCUT2D eigenvalue weighted by atomic mass is 9.89. The molecule has 1 aromatic rings. The maximum absolute atomic E-state index is 14.4. The van der Waals surface area contributed by atoms with Crippen LogP contribution in [-0.2, 0) is 38.2 Å². The number of urea groups is 1. The van der Waals surface area contributed by atoms with Crippen molar-refractivity contribution in [3.05, 3.63) is 35.9 Å². The smallest absolute Gasteiger partial charge is 0.312 e. The molecule has 0 unspecified atom stereocenters. The zero-order chi connectivity index (χ0) is 49.1. The summed E-state index contributed by atoms with van der Waals surface area (Å²) in [6.07, 6.45) is 0.884. The van der Waals surface area contributed by atoms with Crippen molar-refractivity contribution in [1.82, 2.24) is 36.0 Å². The largest absolute Gasteiger partial charge is 0.379 e. The van der Waals surface area contributed by atoms with Crippen LogP contribution in [0.25, 0.3) is 0 Å². The van der Waals surface area contributed by atoms with E-state index in [1.165, 1.54) is 0 Å². The van der Waals surface area contributed by atoms with Crippen molar-refractivity contribution in [3.8, 4) is 0 Å². The van der Waals surface area contributed by atoms with Crippen molar-refractivity contribution in [1.29, 1.82) is 0 Å². The highest BCUT2D eigenvalue weighted by atomic mass is 16.5. The second-order valence-corrected chi connectivity index (χ2v) is 18.5. The van der Waals surface area contributed by atoms with Gasteiger partial charge in [0.15, 0.2) is 0 Å². The van der Waals surface area contributed by atoms with Crippen LogP contribution in [0.15, 0.2) is 30.3 Å². The number of primary amides is 1. The molecule has 0 radical (unpaired) electrons. The van der Waals surface area contributed by atoms with E-state index in [1.807, 2.05) is 97.8 Å². The topological polar surface area (TPSA) is 240 Å². The molecule has 1 aliphatic rings. The third-order valence-corrected chi connectivity index (χ3v) is 12.7. The van der Waals surface area contributed by atoms with Crippen LogP contribution in [0.5, 0.6) is 0 Å². The van der Waals surface area contributed by atoms with E-state index in [1.54, 1.807) is 38.0 Å². The highest BCUT2D eigenvalue weighted by molar-refractivity contribution is 5.90. The van der Waals surface area contributed by atoms with E-state index in [0.29, 0.717) is 38.8 Å². The average Bonchev–Trinajstić information content (AvgIpc) is 3.74. The Kier molecular flexibility index (Phi) is 24.4. The lowest BCUT2D eigenvalue weighted by Crippen LogP contribution is -2.59. The Morgan fingerprint density at radius 1 is 0.862 bits per heavy atom. The number of benzene rings is 1. The van der Waals surface area contributed by atoms with Gasteiger partial charge in [-0.1, -0.05) is 85.2 Å². The van der Waals surface area contributed by atoms with Crippen LogP contribution in [0, 0.1) is 23.7 Å². The van der Waals surface area contributed by atoms with Gasteiger partial charge in [0.2, 0.25) is 29.5 Å². The van der Waals surface area contributed by atoms with E-state index >= 15 is 0 Å². The molecule has 0 bridgehead atoms. The number of nitrogens with two attached hydrogens (primary N) is 2. The average molecular weight is 918 g/mol. The first-order valence-corrected chi connectivity index (χ1v) is 23.2. The Hall–Kier alpha value is -4.36. The molecule has 1 saturated heterocycles. The summed E-state index contributed by atoms with van der Waals surface area (Å²) in [5, 5.41) is 11.3. The van der Waals surface area contributed by atoms with Gasteiger partial charge < -0.3 is 56.7 Å². The summed E-state index contributed by atoms with van der Waals surface area (Å²) in [4.78, 5) is 85.2. The van der Waals surface area contributed by atoms with Crippen LogP contribution < -0.4 is 32.7 Å². The molecule has 370 valence electrons. The molecule has 1 fully saturated rings. The molecule has 18 heteroatoms. The van der Waals surface area contributed by atoms with Crippen LogP contribution in [0.4, 0.5) is 4.79 Å². The van der Waals surface area contributed by atoms with Crippen LogP contribution in [0.3, 0.4) is 0 Å². The third kappa shape index (κ3) is 16.8. The Balaban J connectivity index is 2.22. The van der Waals surface area contributed by atoms with Gasteiger partial charge in [0, 0.05) is 34.4 Å². The van der Waals surface area contributed by atoms with Gasteiger partial charge in [0.05, 0.1) is 54.8 Å². The summed E-state index contributed by atoms with van der Waals surface area (Å²) in [6, 6.07) is 5.22. The van der Waals surface area contributed by atoms with Crippen molar-refractivity contribution in [2.75, 3.05) is 55.2 Å². The van der Waals surface area contributed by atoms with Crippen LogP contribution in [0.2, 0.25) is 0 Å². The van der Waals surface area contributed by atoms with Gasteiger partial charge >= 0.3 is 6.03 Å². The number of hydrogen-bond acceptors (Lipinski definition) is 11. The van der Waals surface area contributed by atoms with E-state index in [-0.39, 0.29) is 54.5 Å². The minimum atomic E-state index is -0.823. The fourth-order valence-electron chi connectivity index (χ4n) is 9.01. The molecule has 11 atom stereocenters. The molecule has 0 spiro atoms. The third-order valence-electron chi connectivity index (χ3n) is 12.7. The first-order valence-electron chi connectivity index (χ1n) is 23.2. The van der Waals surface area contributed by atoms with E-state index in [2.05, 4.69) is 21.3 Å². The number of likely N-dealkylation sites (N-methyl/N-ethyl adjacent to an activating group) is 2. The second-order valence-electron chi connectivity index (χ2n) is 18.5. The molecule has 0 saturated carbocycles. The van der Waals surface area contributed by atoms with Crippen LogP contribution in [0.1, 0.15) is 106 Å².